The van der Waals surface area contributed by atoms with Gasteiger partial charge in [-0.1, -0.05) is 53.8 Å². The van der Waals surface area contributed by atoms with Gasteiger partial charge in [0.25, 0.3) is 0 Å². The van der Waals surface area contributed by atoms with Gasteiger partial charge in [0, 0.05) is 5.56 Å². The van der Waals surface area contributed by atoms with E-state index in [1.165, 1.54) is 11.3 Å². The first-order chi connectivity index (χ1) is 10.2. The molecular weight excluding hydrogens is 280 g/mol. The highest BCUT2D eigenvalue weighted by Gasteiger charge is 2.12. The fourth-order valence-electron chi connectivity index (χ4n) is 2.18. The summed E-state index contributed by atoms with van der Waals surface area (Å²) in [5, 5.41) is 0.584. The van der Waals surface area contributed by atoms with Crippen LogP contribution in [0, 0.1) is 6.92 Å². The first kappa shape index (κ1) is 13.6. The maximum atomic E-state index is 5.98. The first-order valence-electron chi connectivity index (χ1n) is 6.73. The summed E-state index contributed by atoms with van der Waals surface area (Å²) in [5.41, 5.74) is 8.92. The molecule has 1 aromatic heterocycles. The SMILES string of the molecule is Cc1nc(N)sc1-c1ccccc1OCc1ccccc1. The molecule has 4 heteroatoms. The number of ether oxygens (including phenoxy) is 1. The van der Waals surface area contributed by atoms with Gasteiger partial charge in [0.1, 0.15) is 12.4 Å². The topological polar surface area (TPSA) is 48.1 Å². The van der Waals surface area contributed by atoms with E-state index in [4.69, 9.17) is 10.5 Å². The molecule has 0 spiro atoms. The molecule has 0 unspecified atom stereocenters. The van der Waals surface area contributed by atoms with Crippen LogP contribution in [-0.4, -0.2) is 4.98 Å². The fraction of sp³-hybridized carbons (Fsp3) is 0.118. The van der Waals surface area contributed by atoms with E-state index in [2.05, 4.69) is 17.1 Å². The summed E-state index contributed by atoms with van der Waals surface area (Å²) >= 11 is 1.49. The van der Waals surface area contributed by atoms with Gasteiger partial charge in [-0.15, -0.1) is 0 Å². The predicted octanol–water partition coefficient (Wildman–Crippen LogP) is 4.28. The number of aromatic nitrogens is 1. The average molecular weight is 296 g/mol. The molecule has 3 rings (SSSR count). The predicted molar refractivity (Wildman–Crippen MR) is 87.5 cm³/mol. The number of para-hydroxylation sites is 1. The lowest BCUT2D eigenvalue weighted by atomic mass is 10.1. The second-order valence-electron chi connectivity index (χ2n) is 4.74. The van der Waals surface area contributed by atoms with Crippen molar-refractivity contribution in [2.24, 2.45) is 0 Å². The Labute approximate surface area is 128 Å². The van der Waals surface area contributed by atoms with Gasteiger partial charge in [0.2, 0.25) is 0 Å². The third-order valence-electron chi connectivity index (χ3n) is 3.18. The Bertz CT molecular complexity index is 738. The maximum absolute atomic E-state index is 5.98. The van der Waals surface area contributed by atoms with E-state index in [-0.39, 0.29) is 0 Å². The minimum atomic E-state index is 0.547. The monoisotopic (exact) mass is 296 g/mol. The lowest BCUT2D eigenvalue weighted by molar-refractivity contribution is 0.307. The highest BCUT2D eigenvalue weighted by molar-refractivity contribution is 7.18. The second kappa shape index (κ2) is 5.97. The van der Waals surface area contributed by atoms with Gasteiger partial charge in [-0.25, -0.2) is 4.98 Å². The molecule has 1 heterocycles. The fourth-order valence-corrected chi connectivity index (χ4v) is 3.05. The Hall–Kier alpha value is -2.33. The lowest BCUT2D eigenvalue weighted by Gasteiger charge is -2.10. The Kier molecular flexibility index (Phi) is 3.88. The third-order valence-corrected chi connectivity index (χ3v) is 4.20. The summed E-state index contributed by atoms with van der Waals surface area (Å²) in [7, 11) is 0. The normalized spacial score (nSPS) is 10.5. The molecule has 0 amide bonds. The Morgan fingerprint density at radius 3 is 2.48 bits per heavy atom. The van der Waals surface area contributed by atoms with Gasteiger partial charge >= 0.3 is 0 Å². The first-order valence-corrected chi connectivity index (χ1v) is 7.55. The molecule has 2 aromatic carbocycles. The molecule has 0 radical (unpaired) electrons. The van der Waals surface area contributed by atoms with Crippen LogP contribution in [0.4, 0.5) is 5.13 Å². The van der Waals surface area contributed by atoms with Crippen LogP contribution in [0.5, 0.6) is 5.75 Å². The van der Waals surface area contributed by atoms with E-state index >= 15 is 0 Å². The summed E-state index contributed by atoms with van der Waals surface area (Å²) < 4.78 is 5.98. The number of thiazole rings is 1. The number of anilines is 1. The van der Waals surface area contributed by atoms with Gasteiger partial charge in [-0.2, -0.15) is 0 Å². The van der Waals surface area contributed by atoms with Crippen LogP contribution in [0.3, 0.4) is 0 Å². The van der Waals surface area contributed by atoms with Crippen molar-refractivity contribution in [2.45, 2.75) is 13.5 Å². The number of hydrogen-bond acceptors (Lipinski definition) is 4. The number of aryl methyl sites for hydroxylation is 1. The number of nitrogen functional groups attached to an aromatic ring is 1. The van der Waals surface area contributed by atoms with Crippen LogP contribution in [-0.2, 0) is 6.61 Å². The van der Waals surface area contributed by atoms with E-state index in [9.17, 15) is 0 Å². The van der Waals surface area contributed by atoms with Gasteiger partial charge in [0.15, 0.2) is 5.13 Å². The molecule has 0 saturated heterocycles. The highest BCUT2D eigenvalue weighted by Crippen LogP contribution is 2.37. The van der Waals surface area contributed by atoms with E-state index in [1.54, 1.807) is 0 Å². The van der Waals surface area contributed by atoms with E-state index in [1.807, 2.05) is 49.4 Å². The van der Waals surface area contributed by atoms with E-state index in [0.29, 0.717) is 11.7 Å². The minimum Gasteiger partial charge on any atom is -0.488 e. The molecular formula is C17H16N2OS. The smallest absolute Gasteiger partial charge is 0.180 e. The van der Waals surface area contributed by atoms with Crippen molar-refractivity contribution >= 4 is 16.5 Å². The van der Waals surface area contributed by atoms with Crippen LogP contribution in [0.2, 0.25) is 0 Å². The minimum absolute atomic E-state index is 0.547. The second-order valence-corrected chi connectivity index (χ2v) is 5.77. The molecule has 3 nitrogen and oxygen atoms in total. The summed E-state index contributed by atoms with van der Waals surface area (Å²) in [5.74, 6) is 0.855. The van der Waals surface area contributed by atoms with Crippen LogP contribution in [0.25, 0.3) is 10.4 Å². The Morgan fingerprint density at radius 2 is 1.76 bits per heavy atom. The van der Waals surface area contributed by atoms with Gasteiger partial charge in [0.05, 0.1) is 10.6 Å². The Morgan fingerprint density at radius 1 is 1.05 bits per heavy atom. The third kappa shape index (κ3) is 3.06. The Balaban J connectivity index is 1.88. The summed E-state index contributed by atoms with van der Waals surface area (Å²) in [6, 6.07) is 18.1. The van der Waals surface area contributed by atoms with E-state index < -0.39 is 0 Å². The molecule has 21 heavy (non-hydrogen) atoms. The zero-order valence-electron chi connectivity index (χ0n) is 11.7. The van der Waals surface area contributed by atoms with E-state index in [0.717, 1.165) is 27.4 Å². The largest absolute Gasteiger partial charge is 0.488 e. The number of rotatable bonds is 4. The molecule has 2 N–H and O–H groups in total. The number of nitrogens with two attached hydrogens (primary N) is 1. The summed E-state index contributed by atoms with van der Waals surface area (Å²) in [6.45, 7) is 2.52. The zero-order valence-corrected chi connectivity index (χ0v) is 12.6. The van der Waals surface area contributed by atoms with Crippen molar-refractivity contribution in [3.63, 3.8) is 0 Å². The van der Waals surface area contributed by atoms with Crippen molar-refractivity contribution in [3.05, 3.63) is 65.9 Å². The molecule has 0 aliphatic heterocycles. The molecule has 106 valence electrons. The number of nitrogens with zero attached hydrogens (tertiary/aromatic N) is 1. The summed E-state index contributed by atoms with van der Waals surface area (Å²) in [4.78, 5) is 5.35. The quantitative estimate of drug-likeness (QED) is 0.781. The average Bonchev–Trinajstić information content (AvgIpc) is 2.85. The zero-order chi connectivity index (χ0) is 14.7. The molecule has 0 atom stereocenters. The molecule has 0 aliphatic carbocycles. The van der Waals surface area contributed by atoms with Gasteiger partial charge in [-0.05, 0) is 24.6 Å². The van der Waals surface area contributed by atoms with Crippen LogP contribution in [0.15, 0.2) is 54.6 Å². The maximum Gasteiger partial charge on any atom is 0.180 e. The van der Waals surface area contributed by atoms with Crippen molar-refractivity contribution < 1.29 is 4.74 Å². The van der Waals surface area contributed by atoms with Crippen molar-refractivity contribution in [2.75, 3.05) is 5.73 Å². The van der Waals surface area contributed by atoms with Crippen molar-refractivity contribution in [1.82, 2.24) is 4.98 Å². The molecule has 0 aliphatic rings. The molecule has 0 bridgehead atoms. The van der Waals surface area contributed by atoms with Gasteiger partial charge < -0.3 is 10.5 Å². The summed E-state index contributed by atoms with van der Waals surface area (Å²) in [6.07, 6.45) is 0. The van der Waals surface area contributed by atoms with Crippen molar-refractivity contribution in [3.8, 4) is 16.2 Å². The molecule has 3 aromatic rings. The molecule has 0 saturated carbocycles. The number of hydrogen-bond donors (Lipinski definition) is 1. The van der Waals surface area contributed by atoms with Crippen LogP contribution < -0.4 is 10.5 Å². The van der Waals surface area contributed by atoms with Gasteiger partial charge in [-0.3, -0.25) is 0 Å². The van der Waals surface area contributed by atoms with Crippen LogP contribution >= 0.6 is 11.3 Å². The van der Waals surface area contributed by atoms with Crippen LogP contribution in [0.1, 0.15) is 11.3 Å². The van der Waals surface area contributed by atoms with Crippen molar-refractivity contribution in [1.29, 1.82) is 0 Å². The highest BCUT2D eigenvalue weighted by atomic mass is 32.1. The number of benzene rings is 2. The standard InChI is InChI=1S/C17H16N2OS/c1-12-16(21-17(18)19-12)14-9-5-6-10-15(14)20-11-13-7-3-2-4-8-13/h2-10H,11H2,1H3,(H2,18,19). The molecule has 0 fully saturated rings. The lowest BCUT2D eigenvalue weighted by Crippen LogP contribution is -1.96.